The van der Waals surface area contributed by atoms with E-state index in [9.17, 15) is 9.59 Å². The minimum Gasteiger partial charge on any atom is -0.481 e. The van der Waals surface area contributed by atoms with Crippen molar-refractivity contribution in [3.8, 4) is 0 Å². The van der Waals surface area contributed by atoms with Gasteiger partial charge in [-0.1, -0.05) is 36.7 Å². The first-order valence-corrected chi connectivity index (χ1v) is 7.84. The number of halogens is 1. The van der Waals surface area contributed by atoms with Gasteiger partial charge in [0.05, 0.1) is 5.92 Å². The maximum atomic E-state index is 12.2. The van der Waals surface area contributed by atoms with E-state index in [-0.39, 0.29) is 18.5 Å². The molecule has 1 fully saturated rings. The molecule has 1 heterocycles. The fourth-order valence-corrected chi connectivity index (χ4v) is 3.04. The summed E-state index contributed by atoms with van der Waals surface area (Å²) in [5, 5.41) is 12.7. The topological polar surface area (TPSA) is 69.6 Å². The van der Waals surface area contributed by atoms with Gasteiger partial charge in [-0.05, 0) is 30.4 Å². The average molecular weight is 325 g/mol. The van der Waals surface area contributed by atoms with Gasteiger partial charge in [-0.15, -0.1) is 0 Å². The van der Waals surface area contributed by atoms with Crippen molar-refractivity contribution in [3.63, 3.8) is 0 Å². The number of piperidine rings is 1. The summed E-state index contributed by atoms with van der Waals surface area (Å²) in [6, 6.07) is 7.32. The Labute approximate surface area is 135 Å². The Hall–Kier alpha value is -1.75. The first-order valence-electron chi connectivity index (χ1n) is 7.46. The Kier molecular flexibility index (Phi) is 5.66. The summed E-state index contributed by atoms with van der Waals surface area (Å²) in [7, 11) is 0. The lowest BCUT2D eigenvalue weighted by atomic mass is 9.91. The monoisotopic (exact) mass is 324 g/mol. The van der Waals surface area contributed by atoms with E-state index in [1.165, 1.54) is 0 Å². The molecule has 2 rings (SSSR count). The molecule has 6 heteroatoms. The second-order valence-corrected chi connectivity index (χ2v) is 6.26. The molecular weight excluding hydrogens is 304 g/mol. The van der Waals surface area contributed by atoms with E-state index in [0.29, 0.717) is 31.0 Å². The lowest BCUT2D eigenvalue weighted by molar-refractivity contribution is -0.143. The Bertz CT molecular complexity index is 550. The standard InChI is InChI=1S/C16H21ClN2O3/c1-11-8-13(15(20)21)10-19(9-11)16(22)18-7-6-12-4-2-3-5-14(12)17/h2-5,11,13H,6-10H2,1H3,(H,18,22)(H,20,21). The molecule has 120 valence electrons. The van der Waals surface area contributed by atoms with Gasteiger partial charge < -0.3 is 15.3 Å². The zero-order valence-electron chi connectivity index (χ0n) is 12.6. The largest absolute Gasteiger partial charge is 0.481 e. The molecule has 1 aromatic rings. The van der Waals surface area contributed by atoms with Crippen molar-refractivity contribution in [1.82, 2.24) is 10.2 Å². The van der Waals surface area contributed by atoms with Crippen molar-refractivity contribution in [3.05, 3.63) is 34.9 Å². The van der Waals surface area contributed by atoms with Crippen molar-refractivity contribution >= 4 is 23.6 Å². The van der Waals surface area contributed by atoms with E-state index in [4.69, 9.17) is 16.7 Å². The van der Waals surface area contributed by atoms with Crippen LogP contribution >= 0.6 is 11.6 Å². The molecule has 2 atom stereocenters. The number of carbonyl (C=O) groups excluding carboxylic acids is 1. The number of benzene rings is 1. The Morgan fingerprint density at radius 1 is 1.36 bits per heavy atom. The first-order chi connectivity index (χ1) is 10.5. The Morgan fingerprint density at radius 2 is 2.09 bits per heavy atom. The molecule has 0 aromatic heterocycles. The van der Waals surface area contributed by atoms with Crippen LogP contribution in [0.15, 0.2) is 24.3 Å². The van der Waals surface area contributed by atoms with Crippen molar-refractivity contribution in [1.29, 1.82) is 0 Å². The van der Waals surface area contributed by atoms with Gasteiger partial charge in [0.1, 0.15) is 0 Å². The first kappa shape index (κ1) is 16.6. The number of urea groups is 1. The lowest BCUT2D eigenvalue weighted by Gasteiger charge is -2.34. The second-order valence-electron chi connectivity index (χ2n) is 5.85. The number of likely N-dealkylation sites (tertiary alicyclic amines) is 1. The van der Waals surface area contributed by atoms with Crippen LogP contribution in [0, 0.1) is 11.8 Å². The van der Waals surface area contributed by atoms with Crippen molar-refractivity contribution in [2.75, 3.05) is 19.6 Å². The number of amides is 2. The van der Waals surface area contributed by atoms with Crippen LogP contribution in [-0.2, 0) is 11.2 Å². The highest BCUT2D eigenvalue weighted by atomic mass is 35.5. The molecule has 0 bridgehead atoms. The third-order valence-corrected chi connectivity index (χ3v) is 4.29. The minimum atomic E-state index is -0.833. The van der Waals surface area contributed by atoms with Crippen LogP contribution in [0.2, 0.25) is 5.02 Å². The number of carbonyl (C=O) groups is 2. The number of rotatable bonds is 4. The molecule has 2 amide bonds. The summed E-state index contributed by atoms with van der Waals surface area (Å²) in [6.07, 6.45) is 1.27. The third-order valence-electron chi connectivity index (χ3n) is 3.92. The third kappa shape index (κ3) is 4.37. The number of aliphatic carboxylic acids is 1. The highest BCUT2D eigenvalue weighted by Crippen LogP contribution is 2.21. The molecule has 0 aliphatic carbocycles. The average Bonchev–Trinajstić information content (AvgIpc) is 2.48. The molecule has 1 aliphatic rings. The highest BCUT2D eigenvalue weighted by Gasteiger charge is 2.31. The van der Waals surface area contributed by atoms with E-state index >= 15 is 0 Å². The number of nitrogens with one attached hydrogen (secondary N) is 1. The molecule has 0 spiro atoms. The number of hydrogen-bond acceptors (Lipinski definition) is 2. The van der Waals surface area contributed by atoms with Gasteiger partial charge in [0.25, 0.3) is 0 Å². The zero-order chi connectivity index (χ0) is 16.1. The molecule has 1 aromatic carbocycles. The SMILES string of the molecule is CC1CC(C(=O)O)CN(C(=O)NCCc2ccccc2Cl)C1. The van der Waals surface area contributed by atoms with Gasteiger partial charge in [-0.2, -0.15) is 0 Å². The van der Waals surface area contributed by atoms with Gasteiger partial charge >= 0.3 is 12.0 Å². The summed E-state index contributed by atoms with van der Waals surface area (Å²) >= 11 is 6.07. The van der Waals surface area contributed by atoms with Crippen LogP contribution in [-0.4, -0.2) is 41.6 Å². The summed E-state index contributed by atoms with van der Waals surface area (Å²) in [6.45, 7) is 3.32. The predicted molar refractivity (Wildman–Crippen MR) is 85.0 cm³/mol. The predicted octanol–water partition coefficient (Wildman–Crippen LogP) is 2.63. The molecular formula is C16H21ClN2O3. The summed E-state index contributed by atoms with van der Waals surface area (Å²) < 4.78 is 0. The van der Waals surface area contributed by atoms with Crippen molar-refractivity contribution in [2.45, 2.75) is 19.8 Å². The second kappa shape index (κ2) is 7.49. The summed E-state index contributed by atoms with van der Waals surface area (Å²) in [4.78, 5) is 24.9. The van der Waals surface area contributed by atoms with Gasteiger partial charge in [-0.25, -0.2) is 4.79 Å². The summed E-state index contributed by atoms with van der Waals surface area (Å²) in [5.41, 5.74) is 0.986. The lowest BCUT2D eigenvalue weighted by Crippen LogP contribution is -2.49. The van der Waals surface area contributed by atoms with Gasteiger partial charge in [0.2, 0.25) is 0 Å². The van der Waals surface area contributed by atoms with E-state index < -0.39 is 11.9 Å². The molecule has 2 unspecified atom stereocenters. The molecule has 1 aliphatic heterocycles. The number of nitrogens with zero attached hydrogens (tertiary/aromatic N) is 1. The van der Waals surface area contributed by atoms with Crippen LogP contribution in [0.4, 0.5) is 4.79 Å². The Balaban J connectivity index is 1.84. The van der Waals surface area contributed by atoms with Gasteiger partial charge in [0, 0.05) is 24.7 Å². The van der Waals surface area contributed by atoms with Crippen LogP contribution in [0.1, 0.15) is 18.9 Å². The van der Waals surface area contributed by atoms with E-state index in [0.717, 1.165) is 5.56 Å². The minimum absolute atomic E-state index is 0.198. The maximum absolute atomic E-state index is 12.2. The van der Waals surface area contributed by atoms with Crippen molar-refractivity contribution < 1.29 is 14.7 Å². The highest BCUT2D eigenvalue weighted by molar-refractivity contribution is 6.31. The molecule has 22 heavy (non-hydrogen) atoms. The fraction of sp³-hybridized carbons (Fsp3) is 0.500. The molecule has 0 radical (unpaired) electrons. The van der Waals surface area contributed by atoms with Gasteiger partial charge in [0.15, 0.2) is 0 Å². The van der Waals surface area contributed by atoms with Crippen LogP contribution in [0.5, 0.6) is 0 Å². The van der Waals surface area contributed by atoms with E-state index in [1.54, 1.807) is 4.90 Å². The molecule has 2 N–H and O–H groups in total. The number of carboxylic acid groups (broad SMARTS) is 1. The number of carboxylic acids is 1. The van der Waals surface area contributed by atoms with Crippen molar-refractivity contribution in [2.24, 2.45) is 11.8 Å². The molecule has 1 saturated heterocycles. The summed E-state index contributed by atoms with van der Waals surface area (Å²) in [5.74, 6) is -1.11. The molecule has 0 saturated carbocycles. The van der Waals surface area contributed by atoms with Gasteiger partial charge in [-0.3, -0.25) is 4.79 Å². The number of hydrogen-bond donors (Lipinski definition) is 2. The normalized spacial score (nSPS) is 21.5. The smallest absolute Gasteiger partial charge is 0.317 e. The van der Waals surface area contributed by atoms with E-state index in [2.05, 4.69) is 5.32 Å². The zero-order valence-corrected chi connectivity index (χ0v) is 13.3. The van der Waals surface area contributed by atoms with Crippen LogP contribution < -0.4 is 5.32 Å². The quantitative estimate of drug-likeness (QED) is 0.894. The fourth-order valence-electron chi connectivity index (χ4n) is 2.81. The van der Waals surface area contributed by atoms with E-state index in [1.807, 2.05) is 31.2 Å². The molecule has 5 nitrogen and oxygen atoms in total. The van der Waals surface area contributed by atoms with Crippen LogP contribution in [0.3, 0.4) is 0 Å². The maximum Gasteiger partial charge on any atom is 0.317 e. The Morgan fingerprint density at radius 3 is 2.77 bits per heavy atom. The van der Waals surface area contributed by atoms with Crippen LogP contribution in [0.25, 0.3) is 0 Å².